The summed E-state index contributed by atoms with van der Waals surface area (Å²) < 4.78 is 0. The summed E-state index contributed by atoms with van der Waals surface area (Å²) in [5.74, 6) is 0.213. The van der Waals surface area contributed by atoms with Crippen LogP contribution in [0.5, 0.6) is 5.75 Å². The van der Waals surface area contributed by atoms with Gasteiger partial charge in [0.1, 0.15) is 11.8 Å². The van der Waals surface area contributed by atoms with Crippen molar-refractivity contribution in [3.8, 4) is 11.8 Å². The van der Waals surface area contributed by atoms with E-state index in [0.29, 0.717) is 11.3 Å². The maximum absolute atomic E-state index is 11.3. The molecule has 0 amide bonds. The smallest absolute Gasteiger partial charge is 0.252 e. The molecule has 0 radical (unpaired) electrons. The Labute approximate surface area is 114 Å². The lowest BCUT2D eigenvalue weighted by molar-refractivity contribution is 0.462. The highest BCUT2D eigenvalue weighted by Crippen LogP contribution is 2.22. The van der Waals surface area contributed by atoms with E-state index in [0.717, 1.165) is 0 Å². The molecular formula is C13H13N5O2. The summed E-state index contributed by atoms with van der Waals surface area (Å²) in [6.45, 7) is 1.69. The number of aromatic hydroxyl groups is 1. The number of rotatable bonds is 4. The number of phenols is 1. The average molecular weight is 271 g/mol. The highest BCUT2D eigenvalue weighted by Gasteiger charge is 2.13. The predicted octanol–water partition coefficient (Wildman–Crippen LogP) is 0.965. The number of nitrogens with zero attached hydrogens (tertiary/aromatic N) is 2. The monoisotopic (exact) mass is 271 g/mol. The van der Waals surface area contributed by atoms with Gasteiger partial charge in [-0.25, -0.2) is 10.4 Å². The molecule has 1 aromatic carbocycles. The van der Waals surface area contributed by atoms with Crippen LogP contribution in [-0.2, 0) is 0 Å². The van der Waals surface area contributed by atoms with E-state index in [1.54, 1.807) is 25.1 Å². The van der Waals surface area contributed by atoms with E-state index in [2.05, 4.69) is 20.8 Å². The Bertz CT molecular complexity index is 704. The molecule has 1 aromatic heterocycles. The maximum Gasteiger partial charge on any atom is 0.252 e. The van der Waals surface area contributed by atoms with Gasteiger partial charge in [-0.15, -0.1) is 0 Å². The first-order valence-electron chi connectivity index (χ1n) is 5.87. The van der Waals surface area contributed by atoms with Crippen LogP contribution in [0.15, 0.2) is 35.1 Å². The van der Waals surface area contributed by atoms with E-state index in [1.807, 2.05) is 6.07 Å². The number of anilines is 1. The highest BCUT2D eigenvalue weighted by molar-refractivity contribution is 5.38. The summed E-state index contributed by atoms with van der Waals surface area (Å²) in [5.41, 5.74) is 6.03. The topological polar surface area (TPSA) is 114 Å². The lowest BCUT2D eigenvalue weighted by Gasteiger charge is -2.14. The summed E-state index contributed by atoms with van der Waals surface area (Å²) >= 11 is 0. The van der Waals surface area contributed by atoms with Gasteiger partial charge in [0.15, 0.2) is 0 Å². The van der Waals surface area contributed by atoms with E-state index in [1.165, 1.54) is 12.1 Å². The number of H-pyrrole nitrogens is 1. The predicted molar refractivity (Wildman–Crippen MR) is 72.8 cm³/mol. The third kappa shape index (κ3) is 3.13. The molecule has 0 saturated heterocycles. The Balaban J connectivity index is 2.14. The van der Waals surface area contributed by atoms with Crippen molar-refractivity contribution >= 4 is 5.95 Å². The minimum atomic E-state index is -0.790. The minimum absolute atomic E-state index is 0.0130. The fourth-order valence-corrected chi connectivity index (χ4v) is 1.69. The number of nitriles is 1. The summed E-state index contributed by atoms with van der Waals surface area (Å²) in [6.07, 6.45) is 0. The Morgan fingerprint density at radius 2 is 2.20 bits per heavy atom. The van der Waals surface area contributed by atoms with E-state index >= 15 is 0 Å². The zero-order valence-corrected chi connectivity index (χ0v) is 10.7. The number of aromatic amines is 1. The molecule has 0 spiro atoms. The molecule has 20 heavy (non-hydrogen) atoms. The zero-order chi connectivity index (χ0) is 14.5. The van der Waals surface area contributed by atoms with Gasteiger partial charge in [0.2, 0.25) is 5.95 Å². The number of aromatic nitrogens is 2. The molecule has 2 aromatic rings. The molecular weight excluding hydrogens is 258 g/mol. The summed E-state index contributed by atoms with van der Waals surface area (Å²) in [4.78, 5) is 17.8. The van der Waals surface area contributed by atoms with Crippen LogP contribution in [0.4, 0.5) is 5.95 Å². The molecule has 0 bridgehead atoms. The minimum Gasteiger partial charge on any atom is -0.508 e. The summed E-state index contributed by atoms with van der Waals surface area (Å²) in [7, 11) is 0. The van der Waals surface area contributed by atoms with Crippen LogP contribution in [0, 0.1) is 18.3 Å². The van der Waals surface area contributed by atoms with Crippen LogP contribution in [0.25, 0.3) is 0 Å². The van der Waals surface area contributed by atoms with E-state index in [9.17, 15) is 9.90 Å². The van der Waals surface area contributed by atoms with Gasteiger partial charge in [0.25, 0.3) is 5.56 Å². The Kier molecular flexibility index (Phi) is 3.98. The van der Waals surface area contributed by atoms with Crippen LogP contribution in [-0.4, -0.2) is 15.1 Å². The summed E-state index contributed by atoms with van der Waals surface area (Å²) in [6, 6.07) is 9.08. The van der Waals surface area contributed by atoms with Gasteiger partial charge in [-0.05, 0) is 13.0 Å². The van der Waals surface area contributed by atoms with Crippen LogP contribution >= 0.6 is 0 Å². The second kappa shape index (κ2) is 5.86. The van der Waals surface area contributed by atoms with Gasteiger partial charge >= 0.3 is 0 Å². The normalized spacial score (nSPS) is 11.6. The molecule has 1 heterocycles. The number of hydrogen-bond donors (Lipinski definition) is 4. The van der Waals surface area contributed by atoms with Crippen molar-refractivity contribution in [1.82, 2.24) is 15.4 Å². The number of hydrogen-bond acceptors (Lipinski definition) is 6. The van der Waals surface area contributed by atoms with Crippen LogP contribution in [0.1, 0.15) is 17.3 Å². The van der Waals surface area contributed by atoms with E-state index in [-0.39, 0.29) is 17.3 Å². The number of phenolic OH excluding ortho intramolecular Hbond substituents is 1. The molecule has 1 atom stereocenters. The first kappa shape index (κ1) is 13.6. The number of benzene rings is 1. The third-order valence-corrected chi connectivity index (χ3v) is 2.58. The zero-order valence-electron chi connectivity index (χ0n) is 10.7. The molecule has 0 aliphatic heterocycles. The lowest BCUT2D eigenvalue weighted by Crippen LogP contribution is -2.28. The fraction of sp³-hybridized carbons (Fsp3) is 0.154. The fourth-order valence-electron chi connectivity index (χ4n) is 1.69. The molecule has 0 aliphatic rings. The van der Waals surface area contributed by atoms with Crippen molar-refractivity contribution in [1.29, 1.82) is 5.26 Å². The van der Waals surface area contributed by atoms with Crippen LogP contribution < -0.4 is 16.4 Å². The second-order valence-corrected chi connectivity index (χ2v) is 4.13. The largest absolute Gasteiger partial charge is 0.508 e. The van der Waals surface area contributed by atoms with Gasteiger partial charge < -0.3 is 5.11 Å². The molecule has 7 nitrogen and oxygen atoms in total. The molecule has 0 unspecified atom stereocenters. The Morgan fingerprint density at radius 1 is 1.45 bits per heavy atom. The van der Waals surface area contributed by atoms with Gasteiger partial charge in [-0.2, -0.15) is 5.26 Å². The van der Waals surface area contributed by atoms with Crippen molar-refractivity contribution in [3.63, 3.8) is 0 Å². The number of aryl methyl sites for hydroxylation is 1. The van der Waals surface area contributed by atoms with Crippen molar-refractivity contribution in [2.75, 3.05) is 5.43 Å². The maximum atomic E-state index is 11.3. The van der Waals surface area contributed by atoms with Crippen molar-refractivity contribution in [3.05, 3.63) is 51.9 Å². The van der Waals surface area contributed by atoms with Gasteiger partial charge in [-0.3, -0.25) is 15.2 Å². The van der Waals surface area contributed by atoms with Gasteiger partial charge in [0, 0.05) is 17.3 Å². The Hall–Kier alpha value is -2.85. The highest BCUT2D eigenvalue weighted by atomic mass is 16.3. The molecule has 7 heteroatoms. The molecule has 2 rings (SSSR count). The van der Waals surface area contributed by atoms with Crippen LogP contribution in [0.3, 0.4) is 0 Å². The average Bonchev–Trinajstić information content (AvgIpc) is 2.40. The van der Waals surface area contributed by atoms with Crippen molar-refractivity contribution < 1.29 is 5.11 Å². The molecule has 102 valence electrons. The summed E-state index contributed by atoms with van der Waals surface area (Å²) in [5, 5.41) is 18.8. The lowest BCUT2D eigenvalue weighted by atomic mass is 10.1. The van der Waals surface area contributed by atoms with E-state index in [4.69, 9.17) is 5.26 Å². The SMILES string of the molecule is Cc1cc(=O)[nH]c(NN[C@@H](C#N)c2ccccc2O)n1. The second-order valence-electron chi connectivity index (χ2n) is 4.13. The quantitative estimate of drug-likeness (QED) is 0.616. The van der Waals surface area contributed by atoms with Crippen LogP contribution in [0.2, 0.25) is 0 Å². The Morgan fingerprint density at radius 3 is 2.85 bits per heavy atom. The standard InChI is InChI=1S/C13H13N5O2/c1-8-6-12(20)16-13(15-8)18-17-10(7-14)9-4-2-3-5-11(9)19/h2-6,10,17,19H,1H3,(H2,15,16,18,20)/t10-/m0/s1. The first-order valence-corrected chi connectivity index (χ1v) is 5.87. The van der Waals surface area contributed by atoms with Gasteiger partial charge in [0.05, 0.1) is 6.07 Å². The van der Waals surface area contributed by atoms with Gasteiger partial charge in [-0.1, -0.05) is 18.2 Å². The third-order valence-electron chi connectivity index (χ3n) is 2.58. The molecule has 0 aliphatic carbocycles. The number of hydrazine groups is 1. The number of para-hydroxylation sites is 1. The van der Waals surface area contributed by atoms with Crippen molar-refractivity contribution in [2.45, 2.75) is 13.0 Å². The molecule has 4 N–H and O–H groups in total. The first-order chi connectivity index (χ1) is 9.60. The molecule has 0 saturated carbocycles. The number of nitrogens with one attached hydrogen (secondary N) is 3. The van der Waals surface area contributed by atoms with E-state index < -0.39 is 6.04 Å². The molecule has 0 fully saturated rings. The van der Waals surface area contributed by atoms with Crippen molar-refractivity contribution in [2.24, 2.45) is 0 Å².